The van der Waals surface area contributed by atoms with E-state index in [1.807, 2.05) is 10.9 Å². The van der Waals surface area contributed by atoms with Crippen LogP contribution in [0.25, 0.3) is 0 Å². The minimum absolute atomic E-state index is 0.523. The van der Waals surface area contributed by atoms with Crippen molar-refractivity contribution in [2.75, 3.05) is 0 Å². The van der Waals surface area contributed by atoms with Gasteiger partial charge in [0.05, 0.1) is 6.20 Å². The van der Waals surface area contributed by atoms with E-state index in [0.29, 0.717) is 6.42 Å². The Kier molecular flexibility index (Phi) is 1.94. The Morgan fingerprint density at radius 1 is 1.58 bits per heavy atom. The smallest absolute Gasteiger partial charge is 0.124 e. The molecule has 0 aromatic carbocycles. The van der Waals surface area contributed by atoms with Gasteiger partial charge in [-0.25, -0.2) is 0 Å². The zero-order valence-electron chi connectivity index (χ0n) is 6.99. The van der Waals surface area contributed by atoms with Crippen LogP contribution in [0.1, 0.15) is 24.1 Å². The van der Waals surface area contributed by atoms with Crippen LogP contribution in [0.4, 0.5) is 0 Å². The quantitative estimate of drug-likeness (QED) is 0.610. The van der Waals surface area contributed by atoms with Crippen molar-refractivity contribution in [1.82, 2.24) is 9.78 Å². The number of hydrogen-bond acceptors (Lipinski definition) is 2. The molecule has 0 atom stereocenters. The molecule has 2 rings (SSSR count). The summed E-state index contributed by atoms with van der Waals surface area (Å²) in [4.78, 5) is 10.3. The monoisotopic (exact) mass is 164 g/mol. The van der Waals surface area contributed by atoms with Gasteiger partial charge in [0.1, 0.15) is 6.29 Å². The van der Waals surface area contributed by atoms with E-state index in [1.165, 1.54) is 18.5 Å². The lowest BCUT2D eigenvalue weighted by molar-refractivity contribution is -0.107. The van der Waals surface area contributed by atoms with Crippen LogP contribution in [0.3, 0.4) is 0 Å². The molecule has 0 saturated heterocycles. The molecular weight excluding hydrogens is 152 g/mol. The lowest BCUT2D eigenvalue weighted by atomic mass is 10.1. The van der Waals surface area contributed by atoms with Gasteiger partial charge < -0.3 is 4.79 Å². The number of fused-ring (bicyclic) bond motifs is 1. The molecule has 1 aliphatic rings. The third-order valence-electron chi connectivity index (χ3n) is 2.37. The number of hydrogen-bond donors (Lipinski definition) is 0. The molecule has 0 radical (unpaired) electrons. The fourth-order valence-corrected chi connectivity index (χ4v) is 1.75. The molecule has 1 aromatic heterocycles. The summed E-state index contributed by atoms with van der Waals surface area (Å²) in [6, 6.07) is 0. The molecule has 0 amide bonds. The molecule has 12 heavy (non-hydrogen) atoms. The van der Waals surface area contributed by atoms with Crippen LogP contribution in [-0.2, 0) is 24.2 Å². The van der Waals surface area contributed by atoms with Gasteiger partial charge >= 0.3 is 0 Å². The highest BCUT2D eigenvalue weighted by Crippen LogP contribution is 2.17. The van der Waals surface area contributed by atoms with Gasteiger partial charge in [-0.05, 0) is 19.3 Å². The van der Waals surface area contributed by atoms with E-state index in [4.69, 9.17) is 0 Å². The highest BCUT2D eigenvalue weighted by Gasteiger charge is 2.13. The second kappa shape index (κ2) is 3.09. The molecule has 3 nitrogen and oxygen atoms in total. The summed E-state index contributed by atoms with van der Waals surface area (Å²) in [6.45, 7) is 1.02. The summed E-state index contributed by atoms with van der Waals surface area (Å²) in [7, 11) is 0. The van der Waals surface area contributed by atoms with Crippen molar-refractivity contribution in [3.05, 3.63) is 17.5 Å². The molecule has 2 heterocycles. The molecule has 0 unspecified atom stereocenters. The summed E-state index contributed by atoms with van der Waals surface area (Å²) in [5.74, 6) is 0. The number of carbonyl (C=O) groups excluding carboxylic acids is 1. The molecule has 0 spiro atoms. The Balaban J connectivity index is 2.31. The van der Waals surface area contributed by atoms with Crippen LogP contribution in [0.2, 0.25) is 0 Å². The third kappa shape index (κ3) is 1.15. The van der Waals surface area contributed by atoms with Gasteiger partial charge in [-0.2, -0.15) is 5.10 Å². The topological polar surface area (TPSA) is 34.9 Å². The van der Waals surface area contributed by atoms with Crippen molar-refractivity contribution in [1.29, 1.82) is 0 Å². The Labute approximate surface area is 71.4 Å². The molecule has 1 aromatic rings. The summed E-state index contributed by atoms with van der Waals surface area (Å²) >= 11 is 0. The Morgan fingerprint density at radius 2 is 2.50 bits per heavy atom. The van der Waals surface area contributed by atoms with E-state index >= 15 is 0 Å². The maximum absolute atomic E-state index is 10.3. The molecule has 0 saturated carbocycles. The summed E-state index contributed by atoms with van der Waals surface area (Å²) in [5.41, 5.74) is 2.39. The van der Waals surface area contributed by atoms with Crippen molar-refractivity contribution in [3.8, 4) is 0 Å². The standard InChI is InChI=1S/C9H12N2O/c12-6-4-8-7-10-11-5-2-1-3-9(8)11/h6-7H,1-5H2. The fraction of sp³-hybridized carbons (Fsp3) is 0.556. The van der Waals surface area contributed by atoms with Crippen molar-refractivity contribution < 1.29 is 4.79 Å². The predicted molar refractivity (Wildman–Crippen MR) is 44.9 cm³/mol. The Morgan fingerprint density at radius 3 is 3.33 bits per heavy atom. The van der Waals surface area contributed by atoms with Crippen molar-refractivity contribution in [2.24, 2.45) is 0 Å². The van der Waals surface area contributed by atoms with Crippen molar-refractivity contribution >= 4 is 6.29 Å². The van der Waals surface area contributed by atoms with Gasteiger partial charge in [-0.3, -0.25) is 4.68 Å². The first kappa shape index (κ1) is 7.53. The normalized spacial score (nSPS) is 15.7. The van der Waals surface area contributed by atoms with Crippen LogP contribution in [0.5, 0.6) is 0 Å². The summed E-state index contributed by atoms with van der Waals surface area (Å²) < 4.78 is 2.03. The largest absolute Gasteiger partial charge is 0.303 e. The van der Waals surface area contributed by atoms with E-state index in [0.717, 1.165) is 24.8 Å². The maximum atomic E-state index is 10.3. The average Bonchev–Trinajstić information content (AvgIpc) is 2.50. The summed E-state index contributed by atoms with van der Waals surface area (Å²) in [6.07, 6.45) is 6.84. The summed E-state index contributed by atoms with van der Waals surface area (Å²) in [5, 5.41) is 4.23. The van der Waals surface area contributed by atoms with Gasteiger partial charge in [0.15, 0.2) is 0 Å². The molecule has 0 aliphatic carbocycles. The van der Waals surface area contributed by atoms with Crippen LogP contribution >= 0.6 is 0 Å². The average molecular weight is 164 g/mol. The first-order valence-corrected chi connectivity index (χ1v) is 4.39. The molecular formula is C9H12N2O. The molecule has 64 valence electrons. The zero-order chi connectivity index (χ0) is 8.39. The molecule has 3 heteroatoms. The van der Waals surface area contributed by atoms with Crippen molar-refractivity contribution in [3.63, 3.8) is 0 Å². The number of carbonyl (C=O) groups is 1. The van der Waals surface area contributed by atoms with Crippen molar-refractivity contribution in [2.45, 2.75) is 32.2 Å². The lowest BCUT2D eigenvalue weighted by Crippen LogP contribution is -2.12. The number of rotatable bonds is 2. The highest BCUT2D eigenvalue weighted by atomic mass is 16.1. The van der Waals surface area contributed by atoms with Crippen LogP contribution in [0.15, 0.2) is 6.20 Å². The van der Waals surface area contributed by atoms with E-state index in [9.17, 15) is 4.79 Å². The maximum Gasteiger partial charge on any atom is 0.124 e. The highest BCUT2D eigenvalue weighted by molar-refractivity contribution is 5.55. The van der Waals surface area contributed by atoms with Gasteiger partial charge in [0.2, 0.25) is 0 Å². The second-order valence-electron chi connectivity index (χ2n) is 3.17. The first-order valence-electron chi connectivity index (χ1n) is 4.39. The molecule has 1 aliphatic heterocycles. The molecule has 0 bridgehead atoms. The number of aromatic nitrogens is 2. The van der Waals surface area contributed by atoms with E-state index in [2.05, 4.69) is 5.10 Å². The Hall–Kier alpha value is -1.12. The SMILES string of the molecule is O=CCc1cnn2c1CCCC2. The molecule has 0 fully saturated rings. The Bertz CT molecular complexity index is 291. The molecule has 0 N–H and O–H groups in total. The predicted octanol–water partition coefficient (Wildman–Crippen LogP) is 0.961. The number of nitrogens with zero attached hydrogens (tertiary/aromatic N) is 2. The first-order chi connectivity index (χ1) is 5.92. The zero-order valence-corrected chi connectivity index (χ0v) is 6.99. The second-order valence-corrected chi connectivity index (χ2v) is 3.17. The van der Waals surface area contributed by atoms with E-state index < -0.39 is 0 Å². The van der Waals surface area contributed by atoms with Gasteiger partial charge in [-0.15, -0.1) is 0 Å². The minimum atomic E-state index is 0.523. The lowest BCUT2D eigenvalue weighted by Gasteiger charge is -2.13. The number of aryl methyl sites for hydroxylation is 1. The van der Waals surface area contributed by atoms with E-state index in [-0.39, 0.29) is 0 Å². The fourth-order valence-electron chi connectivity index (χ4n) is 1.75. The minimum Gasteiger partial charge on any atom is -0.303 e. The van der Waals surface area contributed by atoms with Gasteiger partial charge in [0.25, 0.3) is 0 Å². The van der Waals surface area contributed by atoms with Gasteiger partial charge in [-0.1, -0.05) is 0 Å². The van der Waals surface area contributed by atoms with Gasteiger partial charge in [0, 0.05) is 24.2 Å². The number of aldehydes is 1. The third-order valence-corrected chi connectivity index (χ3v) is 2.37. The van der Waals surface area contributed by atoms with Crippen LogP contribution in [-0.4, -0.2) is 16.1 Å². The van der Waals surface area contributed by atoms with Crippen LogP contribution < -0.4 is 0 Å². The van der Waals surface area contributed by atoms with E-state index in [1.54, 1.807) is 0 Å². The van der Waals surface area contributed by atoms with Crippen LogP contribution in [0, 0.1) is 0 Å².